The molecule has 86 heavy (non-hydrogen) atoms. The first-order valence-corrected chi connectivity index (χ1v) is 39.5. The largest absolute Gasteiger partial charge is 0.472 e. The summed E-state index contributed by atoms with van der Waals surface area (Å²) in [4.78, 5) is 35.4. The summed E-state index contributed by atoms with van der Waals surface area (Å²) in [6.45, 7) is 3.80. The molecule has 0 radical (unpaired) electrons. The first-order valence-electron chi connectivity index (χ1n) is 38.0. The normalized spacial score (nSPS) is 13.0. The maximum absolute atomic E-state index is 12.8. The molecule has 0 saturated heterocycles. The highest BCUT2D eigenvalue weighted by molar-refractivity contribution is 7.47. The van der Waals surface area contributed by atoms with E-state index >= 15 is 0 Å². The molecule has 10 heteroatoms. The summed E-state index contributed by atoms with van der Waals surface area (Å²) >= 11 is 0. The number of hydrogen-bond acceptors (Lipinski definition) is 8. The Balaban J connectivity index is 3.74. The number of phosphoric acid groups is 1. The molecule has 0 saturated carbocycles. The van der Waals surface area contributed by atoms with Crippen LogP contribution in [-0.4, -0.2) is 49.3 Å². The van der Waals surface area contributed by atoms with E-state index in [1.54, 1.807) is 0 Å². The van der Waals surface area contributed by atoms with Crippen molar-refractivity contribution in [3.63, 3.8) is 0 Å². The third-order valence-corrected chi connectivity index (χ3v) is 18.3. The average molecular weight is 1230 g/mol. The summed E-state index contributed by atoms with van der Waals surface area (Å²) in [5, 5.41) is 0. The van der Waals surface area contributed by atoms with E-state index in [4.69, 9.17) is 24.3 Å². The molecule has 2 unspecified atom stereocenters. The number of esters is 2. The lowest BCUT2D eigenvalue weighted by Crippen LogP contribution is -2.29. The highest BCUT2D eigenvalue weighted by atomic mass is 31.2. The van der Waals surface area contributed by atoms with Crippen molar-refractivity contribution < 1.29 is 37.6 Å². The Kier molecular flexibility index (Phi) is 70.8. The molecule has 0 heterocycles. The monoisotopic (exact) mass is 1230 g/mol. The minimum atomic E-state index is -4.39. The zero-order valence-electron chi connectivity index (χ0n) is 57.3. The molecule has 0 aliphatic heterocycles. The third-order valence-electron chi connectivity index (χ3n) is 17.3. The second-order valence-corrected chi connectivity index (χ2v) is 27.3. The van der Waals surface area contributed by atoms with Gasteiger partial charge in [-0.15, -0.1) is 0 Å². The van der Waals surface area contributed by atoms with Gasteiger partial charge in [-0.2, -0.15) is 0 Å². The number of phosphoric ester groups is 1. The predicted octanol–water partition coefficient (Wildman–Crippen LogP) is 25.0. The fraction of sp³-hybridized carbons (Fsp3) is 0.895. The van der Waals surface area contributed by atoms with Gasteiger partial charge in [0.2, 0.25) is 0 Å². The minimum Gasteiger partial charge on any atom is -0.462 e. The number of allylic oxidation sites excluding steroid dienone is 6. The summed E-state index contributed by atoms with van der Waals surface area (Å²) in [5.74, 6) is -0.812. The van der Waals surface area contributed by atoms with Gasteiger partial charge in [-0.25, -0.2) is 4.57 Å². The SMILES string of the molecule is CCCCCCC/C=C\C/C=C\C/C=C\CCCCCCCCCCCCC(=O)OC(COC(=O)CCCCCCCCCCCCCCCCCCCCCCCCCCCCCCCCCCCCCCCCCC)COP(=O)(O)OCCN. The summed E-state index contributed by atoms with van der Waals surface area (Å²) in [7, 11) is -4.39. The van der Waals surface area contributed by atoms with Crippen LogP contribution in [0.5, 0.6) is 0 Å². The Morgan fingerprint density at radius 2 is 0.605 bits per heavy atom. The van der Waals surface area contributed by atoms with Crippen LogP contribution in [0.15, 0.2) is 36.5 Å². The first-order chi connectivity index (χ1) is 42.3. The van der Waals surface area contributed by atoms with E-state index in [0.29, 0.717) is 6.42 Å². The van der Waals surface area contributed by atoms with Crippen molar-refractivity contribution in [3.05, 3.63) is 36.5 Å². The van der Waals surface area contributed by atoms with E-state index in [1.807, 2.05) is 0 Å². The van der Waals surface area contributed by atoms with Gasteiger partial charge in [0.1, 0.15) is 6.61 Å². The zero-order valence-corrected chi connectivity index (χ0v) is 58.2. The molecule has 3 N–H and O–H groups in total. The molecule has 2 atom stereocenters. The van der Waals surface area contributed by atoms with Crippen molar-refractivity contribution in [3.8, 4) is 0 Å². The average Bonchev–Trinajstić information content (AvgIpc) is 3.58. The van der Waals surface area contributed by atoms with Crippen LogP contribution in [0.2, 0.25) is 0 Å². The molecule has 0 aromatic carbocycles. The van der Waals surface area contributed by atoms with Crippen LogP contribution in [0.1, 0.15) is 406 Å². The molecule has 0 rings (SSSR count). The van der Waals surface area contributed by atoms with Crippen LogP contribution in [0.3, 0.4) is 0 Å². The van der Waals surface area contributed by atoms with Crippen LogP contribution >= 0.6 is 7.82 Å². The van der Waals surface area contributed by atoms with Gasteiger partial charge >= 0.3 is 19.8 Å². The molecule has 9 nitrogen and oxygen atoms in total. The highest BCUT2D eigenvalue weighted by Crippen LogP contribution is 2.43. The van der Waals surface area contributed by atoms with Crippen molar-refractivity contribution in [1.29, 1.82) is 0 Å². The van der Waals surface area contributed by atoms with E-state index in [9.17, 15) is 19.0 Å². The lowest BCUT2D eigenvalue weighted by atomic mass is 10.0. The standard InChI is InChI=1S/C76H146NO8P/c1-3-5-7-9-11-13-15-17-19-21-23-25-27-29-30-31-32-33-34-35-36-37-38-39-40-41-42-43-45-46-48-50-52-54-56-58-60-62-64-66-68-75(78)82-72-74(73-84-86(80,81)83-71-70-77)85-76(79)69-67-65-63-61-59-57-55-53-51-49-47-44-28-26-24-22-20-18-16-14-12-10-8-6-4-2/h16,18,22,24,28,44,74H,3-15,17,19-21,23,25-27,29-43,45-73,77H2,1-2H3,(H,80,81)/b18-16-,24-22-,44-28-. The first kappa shape index (κ1) is 84.2. The van der Waals surface area contributed by atoms with Crippen LogP contribution in [0, 0.1) is 0 Å². The number of rotatable bonds is 73. The smallest absolute Gasteiger partial charge is 0.462 e. The van der Waals surface area contributed by atoms with Crippen LogP contribution in [0.4, 0.5) is 0 Å². The van der Waals surface area contributed by atoms with Crippen molar-refractivity contribution >= 4 is 19.8 Å². The topological polar surface area (TPSA) is 134 Å². The highest BCUT2D eigenvalue weighted by Gasteiger charge is 2.26. The molecular weight excluding hydrogens is 1090 g/mol. The van der Waals surface area contributed by atoms with Gasteiger partial charge in [0.05, 0.1) is 13.2 Å². The summed E-state index contributed by atoms with van der Waals surface area (Å²) in [5.41, 5.74) is 5.41. The van der Waals surface area contributed by atoms with Crippen LogP contribution in [0.25, 0.3) is 0 Å². The molecule has 0 aliphatic carbocycles. The van der Waals surface area contributed by atoms with Gasteiger partial charge in [-0.1, -0.05) is 378 Å². The Hall–Kier alpha value is -1.77. The molecular formula is C76H146NO8P. The molecule has 0 amide bonds. The Morgan fingerprint density at radius 3 is 0.895 bits per heavy atom. The molecule has 0 aliphatic rings. The lowest BCUT2D eigenvalue weighted by Gasteiger charge is -2.19. The van der Waals surface area contributed by atoms with Crippen molar-refractivity contribution in [2.24, 2.45) is 5.73 Å². The van der Waals surface area contributed by atoms with Crippen LogP contribution in [-0.2, 0) is 32.7 Å². The third kappa shape index (κ3) is 71.3. The predicted molar refractivity (Wildman–Crippen MR) is 372 cm³/mol. The van der Waals surface area contributed by atoms with E-state index in [1.165, 1.54) is 321 Å². The van der Waals surface area contributed by atoms with Crippen molar-refractivity contribution in [1.82, 2.24) is 0 Å². The number of nitrogens with two attached hydrogens (primary N) is 1. The van der Waals surface area contributed by atoms with Crippen molar-refractivity contribution in [2.75, 3.05) is 26.4 Å². The molecule has 0 spiro atoms. The summed E-state index contributed by atoms with van der Waals surface area (Å²) < 4.78 is 33.2. The van der Waals surface area contributed by atoms with Gasteiger partial charge in [0.25, 0.3) is 0 Å². The second kappa shape index (κ2) is 72.3. The van der Waals surface area contributed by atoms with Gasteiger partial charge in [-0.05, 0) is 51.4 Å². The second-order valence-electron chi connectivity index (χ2n) is 25.9. The molecule has 0 fully saturated rings. The van der Waals surface area contributed by atoms with Gasteiger partial charge in [-0.3, -0.25) is 18.6 Å². The summed E-state index contributed by atoms with van der Waals surface area (Å²) in [6, 6.07) is 0. The van der Waals surface area contributed by atoms with E-state index < -0.39 is 26.5 Å². The zero-order chi connectivity index (χ0) is 62.3. The molecule has 0 aromatic heterocycles. The molecule has 0 aromatic rings. The lowest BCUT2D eigenvalue weighted by molar-refractivity contribution is -0.161. The van der Waals surface area contributed by atoms with Gasteiger partial charge in [0, 0.05) is 19.4 Å². The van der Waals surface area contributed by atoms with Gasteiger partial charge < -0.3 is 20.1 Å². The summed E-state index contributed by atoms with van der Waals surface area (Å²) in [6.07, 6.45) is 91.4. The Bertz CT molecular complexity index is 1500. The fourth-order valence-electron chi connectivity index (χ4n) is 11.7. The fourth-order valence-corrected chi connectivity index (χ4v) is 12.4. The van der Waals surface area contributed by atoms with Crippen molar-refractivity contribution in [2.45, 2.75) is 412 Å². The minimum absolute atomic E-state index is 0.0541. The number of hydrogen-bond donors (Lipinski definition) is 2. The van der Waals surface area contributed by atoms with Crippen LogP contribution < -0.4 is 5.73 Å². The maximum Gasteiger partial charge on any atom is 0.472 e. The maximum atomic E-state index is 12.8. The number of carbonyl (C=O) groups is 2. The number of unbranched alkanes of at least 4 members (excludes halogenated alkanes) is 54. The van der Waals surface area contributed by atoms with E-state index in [0.717, 1.165) is 51.4 Å². The van der Waals surface area contributed by atoms with E-state index in [-0.39, 0.29) is 38.6 Å². The Labute approximate surface area is 535 Å². The van der Waals surface area contributed by atoms with Gasteiger partial charge in [0.15, 0.2) is 6.10 Å². The Morgan fingerprint density at radius 1 is 0.349 bits per heavy atom. The van der Waals surface area contributed by atoms with E-state index in [2.05, 4.69) is 50.3 Å². The molecule has 508 valence electrons. The number of carbonyl (C=O) groups excluding carboxylic acids is 2. The molecule has 0 bridgehead atoms. The quantitative estimate of drug-likeness (QED) is 0.0264. The number of ether oxygens (including phenoxy) is 2.